The summed E-state index contributed by atoms with van der Waals surface area (Å²) in [7, 11) is 0. The quantitative estimate of drug-likeness (QED) is 0.317. The first-order valence-electron chi connectivity index (χ1n) is 18.7. The Labute approximate surface area is 310 Å². The standard InChI is InChI=1S/C42H48N4O7/c1-26-23-29-15-9-10-17-31(29)25-46(26,42(39(50)51)32(27(2)47)21-22-43-42)38(49)35-20-19-34(28-13-7-6-8-14-28)44(35)37(48)36-24-30-16-11-12-18-33(30)45(36)40(52)53-41(3,4)5/h6-18,26,32,34-36,43H,19-25H2,1-5H3/p+1/t26-,32?,34-,35+,36-,42?,46?/m1/s1. The average Bonchev–Trinajstić information content (AvgIpc) is 3.87. The van der Waals surface area contributed by atoms with Crippen molar-refractivity contribution < 1.29 is 38.3 Å². The summed E-state index contributed by atoms with van der Waals surface area (Å²) in [4.78, 5) is 75.6. The summed E-state index contributed by atoms with van der Waals surface area (Å²) < 4.78 is 5.29. The average molecular weight is 722 g/mol. The van der Waals surface area contributed by atoms with E-state index in [-0.39, 0.29) is 38.1 Å². The Morgan fingerprint density at radius 1 is 0.830 bits per heavy atom. The third-order valence-corrected chi connectivity index (χ3v) is 11.9. The number of anilines is 1. The van der Waals surface area contributed by atoms with E-state index >= 15 is 9.59 Å². The summed E-state index contributed by atoms with van der Waals surface area (Å²) in [6.45, 7) is 8.91. The van der Waals surface area contributed by atoms with Gasteiger partial charge in [0.2, 0.25) is 5.91 Å². The van der Waals surface area contributed by atoms with Gasteiger partial charge in [0.15, 0.2) is 0 Å². The van der Waals surface area contributed by atoms with E-state index in [4.69, 9.17) is 4.74 Å². The Kier molecular flexibility index (Phi) is 9.31. The van der Waals surface area contributed by atoms with Crippen LogP contribution in [-0.2, 0) is 43.3 Å². The number of likely N-dealkylation sites (tertiary alicyclic amines) is 1. The van der Waals surface area contributed by atoms with Crippen molar-refractivity contribution in [3.05, 3.63) is 101 Å². The molecule has 11 nitrogen and oxygen atoms in total. The van der Waals surface area contributed by atoms with E-state index in [0.717, 1.165) is 22.3 Å². The van der Waals surface area contributed by atoms with Crippen LogP contribution < -0.4 is 10.2 Å². The van der Waals surface area contributed by atoms with E-state index in [2.05, 4.69) is 5.32 Å². The number of para-hydroxylation sites is 1. The van der Waals surface area contributed by atoms with Crippen LogP contribution in [0.2, 0.25) is 0 Å². The summed E-state index contributed by atoms with van der Waals surface area (Å²) in [5.41, 5.74) is 1.31. The zero-order valence-electron chi connectivity index (χ0n) is 31.1. The van der Waals surface area contributed by atoms with E-state index < -0.39 is 69.7 Å². The molecule has 0 spiro atoms. The Morgan fingerprint density at radius 2 is 1.47 bits per heavy atom. The van der Waals surface area contributed by atoms with Crippen LogP contribution in [0.3, 0.4) is 0 Å². The van der Waals surface area contributed by atoms with Crippen molar-refractivity contribution in [3.63, 3.8) is 0 Å². The third-order valence-electron chi connectivity index (χ3n) is 11.9. The second-order valence-electron chi connectivity index (χ2n) is 16.1. The van der Waals surface area contributed by atoms with Crippen molar-refractivity contribution in [2.24, 2.45) is 5.92 Å². The lowest BCUT2D eigenvalue weighted by atomic mass is 9.79. The van der Waals surface area contributed by atoms with E-state index in [1.807, 2.05) is 79.7 Å². The number of quaternary nitrogens is 1. The fourth-order valence-corrected chi connectivity index (χ4v) is 9.72. The Morgan fingerprint density at radius 3 is 2.13 bits per heavy atom. The van der Waals surface area contributed by atoms with Gasteiger partial charge in [0.1, 0.15) is 35.9 Å². The monoisotopic (exact) mass is 721 g/mol. The SMILES string of the molecule is CC(=O)C1CCNC1(C(=O)O)[N+]1(C(=O)[C@@H]2CC[C@H](c3ccccc3)N2C(=O)[C@H]2Cc3ccccc3N2C(=O)OC(C)(C)C)Cc2ccccc2C[C@H]1C. The molecule has 4 heterocycles. The Hall–Kier alpha value is -4.87. The molecular weight excluding hydrogens is 672 g/mol. The largest absolute Gasteiger partial charge is 0.475 e. The maximum absolute atomic E-state index is 16.0. The van der Waals surface area contributed by atoms with Gasteiger partial charge in [-0.2, -0.15) is 0 Å². The number of nitrogens with zero attached hydrogens (tertiary/aromatic N) is 3. The van der Waals surface area contributed by atoms with Crippen LogP contribution in [0.25, 0.3) is 0 Å². The highest BCUT2D eigenvalue weighted by Crippen LogP contribution is 2.49. The van der Waals surface area contributed by atoms with Gasteiger partial charge in [0.05, 0.1) is 17.8 Å². The number of carboxylic acids is 1. The lowest BCUT2D eigenvalue weighted by Gasteiger charge is -2.55. The van der Waals surface area contributed by atoms with Gasteiger partial charge in [-0.25, -0.2) is 18.9 Å². The van der Waals surface area contributed by atoms with E-state index in [9.17, 15) is 19.5 Å². The Bertz CT molecular complexity index is 1960. The first kappa shape index (κ1) is 36.5. The van der Waals surface area contributed by atoms with Gasteiger partial charge >= 0.3 is 18.0 Å². The van der Waals surface area contributed by atoms with Crippen LogP contribution in [-0.4, -0.2) is 80.1 Å². The van der Waals surface area contributed by atoms with Crippen LogP contribution >= 0.6 is 0 Å². The predicted octanol–water partition coefficient (Wildman–Crippen LogP) is 5.55. The van der Waals surface area contributed by atoms with Crippen molar-refractivity contribution in [1.29, 1.82) is 0 Å². The molecule has 3 amide bonds. The number of nitrogens with one attached hydrogen (secondary N) is 1. The van der Waals surface area contributed by atoms with E-state index in [1.54, 1.807) is 31.7 Å². The van der Waals surface area contributed by atoms with Crippen molar-refractivity contribution in [2.75, 3.05) is 11.4 Å². The number of Topliss-reactive ketones (excluding diaryl/α,β-unsaturated/α-hetero) is 1. The molecule has 2 saturated heterocycles. The molecule has 3 unspecified atom stereocenters. The van der Waals surface area contributed by atoms with E-state index in [0.29, 0.717) is 18.5 Å². The minimum absolute atomic E-state index is 0.0483. The van der Waals surface area contributed by atoms with Crippen LogP contribution in [0, 0.1) is 5.92 Å². The van der Waals surface area contributed by atoms with Gasteiger partial charge in [0.25, 0.3) is 5.66 Å². The van der Waals surface area contributed by atoms with Gasteiger partial charge < -0.3 is 14.7 Å². The molecule has 11 heteroatoms. The van der Waals surface area contributed by atoms with Crippen molar-refractivity contribution in [1.82, 2.24) is 10.2 Å². The highest BCUT2D eigenvalue weighted by Gasteiger charge is 2.72. The van der Waals surface area contributed by atoms with Gasteiger partial charge in [-0.1, -0.05) is 72.8 Å². The number of benzene rings is 3. The number of aliphatic carboxylic acids is 1. The molecule has 0 aromatic heterocycles. The maximum atomic E-state index is 16.0. The number of hydrogen-bond acceptors (Lipinski definition) is 7. The van der Waals surface area contributed by atoms with Gasteiger partial charge in [-0.15, -0.1) is 0 Å². The number of amides is 3. The second kappa shape index (κ2) is 13.5. The number of ether oxygens (including phenoxy) is 1. The fourth-order valence-electron chi connectivity index (χ4n) is 9.72. The van der Waals surface area contributed by atoms with Crippen LogP contribution in [0.15, 0.2) is 78.9 Å². The summed E-state index contributed by atoms with van der Waals surface area (Å²) in [6.07, 6.45) is 0.986. The van der Waals surface area contributed by atoms with Crippen LogP contribution in [0.5, 0.6) is 0 Å². The minimum Gasteiger partial charge on any atom is -0.475 e. The van der Waals surface area contributed by atoms with Gasteiger partial charge in [0, 0.05) is 24.9 Å². The highest BCUT2D eigenvalue weighted by atomic mass is 16.6. The molecular formula is C42H49N4O7+. The molecule has 278 valence electrons. The van der Waals surface area contributed by atoms with Gasteiger partial charge in [-0.05, 0) is 76.6 Å². The lowest BCUT2D eigenvalue weighted by molar-refractivity contribution is -0.938. The van der Waals surface area contributed by atoms with E-state index in [1.165, 1.54) is 11.8 Å². The zero-order chi connectivity index (χ0) is 37.9. The number of ketones is 1. The first-order valence-corrected chi connectivity index (χ1v) is 18.7. The smallest absolute Gasteiger partial charge is 0.415 e. The molecule has 2 N–H and O–H groups in total. The highest BCUT2D eigenvalue weighted by molar-refractivity contribution is 6.02. The van der Waals surface area contributed by atoms with Crippen LogP contribution in [0.4, 0.5) is 10.5 Å². The molecule has 0 bridgehead atoms. The van der Waals surface area contributed by atoms with Crippen molar-refractivity contribution in [3.8, 4) is 0 Å². The number of hydrogen-bond donors (Lipinski definition) is 2. The summed E-state index contributed by atoms with van der Waals surface area (Å²) in [5, 5.41) is 14.5. The number of carboxylic acid groups (broad SMARTS) is 1. The molecule has 3 aromatic rings. The molecule has 4 aliphatic rings. The maximum Gasteiger partial charge on any atom is 0.415 e. The number of fused-ring (bicyclic) bond motifs is 2. The van der Waals surface area contributed by atoms with Crippen molar-refractivity contribution in [2.45, 2.75) is 109 Å². The Balaban J connectivity index is 1.39. The lowest BCUT2D eigenvalue weighted by Crippen LogP contribution is -2.82. The molecule has 0 aliphatic carbocycles. The van der Waals surface area contributed by atoms with Crippen LogP contribution in [0.1, 0.15) is 82.2 Å². The summed E-state index contributed by atoms with van der Waals surface area (Å²) in [5.74, 6) is -3.35. The molecule has 2 fully saturated rings. The molecule has 3 aromatic carbocycles. The predicted molar refractivity (Wildman–Crippen MR) is 197 cm³/mol. The molecule has 53 heavy (non-hydrogen) atoms. The molecule has 0 saturated carbocycles. The first-order chi connectivity index (χ1) is 25.2. The number of rotatable bonds is 6. The summed E-state index contributed by atoms with van der Waals surface area (Å²) >= 11 is 0. The zero-order valence-corrected chi connectivity index (χ0v) is 31.1. The molecule has 0 radical (unpaired) electrons. The normalized spacial score (nSPS) is 29.3. The minimum atomic E-state index is -1.96. The topological polar surface area (TPSA) is 133 Å². The molecule has 4 aliphatic heterocycles. The van der Waals surface area contributed by atoms with Gasteiger partial charge in [-0.3, -0.25) is 19.8 Å². The number of carbonyl (C=O) groups excluding carboxylic acids is 4. The third kappa shape index (κ3) is 5.85. The second-order valence-corrected chi connectivity index (χ2v) is 16.1. The summed E-state index contributed by atoms with van der Waals surface area (Å²) in [6, 6.07) is 21.5. The molecule has 7 atom stereocenters. The number of carbonyl (C=O) groups is 5. The van der Waals surface area contributed by atoms with Crippen molar-refractivity contribution >= 4 is 35.3 Å². The molecule has 7 rings (SSSR count). The fraction of sp³-hybridized carbons (Fsp3) is 0.452.